The summed E-state index contributed by atoms with van der Waals surface area (Å²) >= 11 is 7.12. The molecule has 1 atom stereocenters. The van der Waals surface area contributed by atoms with Crippen molar-refractivity contribution in [1.82, 2.24) is 10.3 Å². The first-order chi connectivity index (χ1) is 10.6. The number of amides is 1. The van der Waals surface area contributed by atoms with Gasteiger partial charge in [-0.25, -0.2) is 0 Å². The Hall–Kier alpha value is -1.63. The number of nitrogens with one attached hydrogen (secondary N) is 1. The predicted octanol–water partition coefficient (Wildman–Crippen LogP) is 2.59. The zero-order valence-corrected chi connectivity index (χ0v) is 13.7. The number of pyridine rings is 1. The van der Waals surface area contributed by atoms with Crippen LogP contribution in [-0.4, -0.2) is 29.7 Å². The third-order valence-corrected chi connectivity index (χ3v) is 4.39. The molecule has 1 unspecified atom stereocenters. The molecule has 0 saturated heterocycles. The number of aliphatic hydroxyl groups excluding tert-OH is 1. The standard InChI is InChI=1S/C15H17ClN2O3S/c1-21-11-6-10(7-17-8-11)2-5-15(20)18-9-12(19)13-3-4-14(16)22-13/h3-4,6-8,12,19H,2,5,9H2,1H3,(H,18,20). The highest BCUT2D eigenvalue weighted by Gasteiger charge is 2.12. The summed E-state index contributed by atoms with van der Waals surface area (Å²) in [6.45, 7) is 0.173. The van der Waals surface area contributed by atoms with Crippen LogP contribution in [0.15, 0.2) is 30.6 Å². The van der Waals surface area contributed by atoms with Gasteiger partial charge >= 0.3 is 0 Å². The monoisotopic (exact) mass is 340 g/mol. The average Bonchev–Trinajstić information content (AvgIpc) is 2.97. The Bertz CT molecular complexity index is 633. The highest BCUT2D eigenvalue weighted by Crippen LogP contribution is 2.26. The zero-order valence-electron chi connectivity index (χ0n) is 12.1. The molecule has 2 heterocycles. The maximum Gasteiger partial charge on any atom is 0.220 e. The van der Waals surface area contributed by atoms with E-state index in [1.54, 1.807) is 31.6 Å². The largest absolute Gasteiger partial charge is 0.495 e. The molecule has 0 aliphatic rings. The molecule has 2 N–H and O–H groups in total. The van der Waals surface area contributed by atoms with Gasteiger partial charge in [-0.2, -0.15) is 0 Å². The van der Waals surface area contributed by atoms with Crippen molar-refractivity contribution in [2.24, 2.45) is 0 Å². The lowest BCUT2D eigenvalue weighted by molar-refractivity contribution is -0.121. The molecule has 22 heavy (non-hydrogen) atoms. The van der Waals surface area contributed by atoms with Crippen LogP contribution in [-0.2, 0) is 11.2 Å². The molecule has 0 fully saturated rings. The molecule has 0 aliphatic heterocycles. The Morgan fingerprint density at radius 3 is 3.00 bits per heavy atom. The van der Waals surface area contributed by atoms with Crippen molar-refractivity contribution < 1.29 is 14.6 Å². The number of aliphatic hydroxyl groups is 1. The lowest BCUT2D eigenvalue weighted by atomic mass is 10.1. The van der Waals surface area contributed by atoms with Crippen LogP contribution >= 0.6 is 22.9 Å². The minimum atomic E-state index is -0.736. The summed E-state index contributed by atoms with van der Waals surface area (Å²) in [5.41, 5.74) is 0.931. The fourth-order valence-corrected chi connectivity index (χ4v) is 2.92. The number of rotatable bonds is 7. The van der Waals surface area contributed by atoms with E-state index in [1.165, 1.54) is 11.3 Å². The van der Waals surface area contributed by atoms with Gasteiger partial charge in [0.05, 0.1) is 17.6 Å². The quantitative estimate of drug-likeness (QED) is 0.812. The van der Waals surface area contributed by atoms with Gasteiger partial charge in [-0.3, -0.25) is 9.78 Å². The number of nitrogens with zero attached hydrogens (tertiary/aromatic N) is 1. The third-order valence-electron chi connectivity index (χ3n) is 3.06. The number of carbonyl (C=O) groups excluding carboxylic acids is 1. The van der Waals surface area contributed by atoms with Crippen molar-refractivity contribution in [3.8, 4) is 5.75 Å². The molecular formula is C15H17ClN2O3S. The Morgan fingerprint density at radius 1 is 1.50 bits per heavy atom. The average molecular weight is 341 g/mol. The molecule has 5 nitrogen and oxygen atoms in total. The van der Waals surface area contributed by atoms with Crippen molar-refractivity contribution >= 4 is 28.8 Å². The number of thiophene rings is 1. The first-order valence-electron chi connectivity index (χ1n) is 6.76. The summed E-state index contributed by atoms with van der Waals surface area (Å²) in [5, 5.41) is 12.7. The molecular weight excluding hydrogens is 324 g/mol. The van der Waals surface area contributed by atoms with E-state index in [0.717, 1.165) is 10.4 Å². The van der Waals surface area contributed by atoms with Crippen LogP contribution < -0.4 is 10.1 Å². The number of ether oxygens (including phenoxy) is 1. The number of methoxy groups -OCH3 is 1. The first-order valence-corrected chi connectivity index (χ1v) is 7.96. The molecule has 7 heteroatoms. The van der Waals surface area contributed by atoms with E-state index < -0.39 is 6.10 Å². The van der Waals surface area contributed by atoms with Gasteiger partial charge in [0.2, 0.25) is 5.91 Å². The van der Waals surface area contributed by atoms with Crippen molar-refractivity contribution in [3.05, 3.63) is 45.4 Å². The van der Waals surface area contributed by atoms with E-state index in [0.29, 0.717) is 22.9 Å². The van der Waals surface area contributed by atoms with Gasteiger partial charge in [0, 0.05) is 24.0 Å². The lowest BCUT2D eigenvalue weighted by Gasteiger charge is -2.10. The van der Waals surface area contributed by atoms with E-state index in [1.807, 2.05) is 6.07 Å². The molecule has 0 radical (unpaired) electrons. The normalized spacial score (nSPS) is 12.0. The lowest BCUT2D eigenvalue weighted by Crippen LogP contribution is -2.28. The molecule has 0 bridgehead atoms. The van der Waals surface area contributed by atoms with E-state index in [-0.39, 0.29) is 12.5 Å². The molecule has 0 spiro atoms. The van der Waals surface area contributed by atoms with Crippen molar-refractivity contribution in [2.45, 2.75) is 18.9 Å². The second kappa shape index (κ2) is 8.12. The van der Waals surface area contributed by atoms with Crippen LogP contribution in [0.25, 0.3) is 0 Å². The van der Waals surface area contributed by atoms with Crippen LogP contribution in [0, 0.1) is 0 Å². The van der Waals surface area contributed by atoms with Gasteiger partial charge < -0.3 is 15.2 Å². The SMILES string of the molecule is COc1cncc(CCC(=O)NCC(O)c2ccc(Cl)s2)c1. The van der Waals surface area contributed by atoms with Crippen LogP contribution in [0.2, 0.25) is 4.34 Å². The molecule has 2 aromatic heterocycles. The highest BCUT2D eigenvalue weighted by atomic mass is 35.5. The number of aryl methyl sites for hydroxylation is 1. The second-order valence-electron chi connectivity index (χ2n) is 4.69. The highest BCUT2D eigenvalue weighted by molar-refractivity contribution is 7.16. The number of hydrogen-bond donors (Lipinski definition) is 2. The Labute approximate surface area is 137 Å². The summed E-state index contributed by atoms with van der Waals surface area (Å²) in [7, 11) is 1.58. The Kier molecular flexibility index (Phi) is 6.18. The summed E-state index contributed by atoms with van der Waals surface area (Å²) in [6, 6.07) is 5.33. The fraction of sp³-hybridized carbons (Fsp3) is 0.333. The van der Waals surface area contributed by atoms with Gasteiger partial charge in [0.25, 0.3) is 0 Å². The number of hydrogen-bond acceptors (Lipinski definition) is 5. The van der Waals surface area contributed by atoms with Gasteiger partial charge in [-0.1, -0.05) is 11.6 Å². The number of carbonyl (C=O) groups is 1. The van der Waals surface area contributed by atoms with Gasteiger partial charge in [0.1, 0.15) is 11.9 Å². The summed E-state index contributed by atoms with van der Waals surface area (Å²) in [5.74, 6) is 0.549. The third kappa shape index (κ3) is 4.98. The van der Waals surface area contributed by atoms with E-state index in [9.17, 15) is 9.90 Å². The molecule has 0 saturated carbocycles. The minimum absolute atomic E-state index is 0.121. The molecule has 2 aromatic rings. The number of aromatic nitrogens is 1. The predicted molar refractivity (Wildman–Crippen MR) is 86.4 cm³/mol. The molecule has 0 aliphatic carbocycles. The minimum Gasteiger partial charge on any atom is -0.495 e. The van der Waals surface area contributed by atoms with Crippen LogP contribution in [0.4, 0.5) is 0 Å². The fourth-order valence-electron chi connectivity index (χ4n) is 1.88. The van der Waals surface area contributed by atoms with Crippen LogP contribution in [0.3, 0.4) is 0 Å². The summed E-state index contributed by atoms with van der Waals surface area (Å²) < 4.78 is 5.70. The van der Waals surface area contributed by atoms with Crippen molar-refractivity contribution in [3.63, 3.8) is 0 Å². The Morgan fingerprint density at radius 2 is 2.32 bits per heavy atom. The molecule has 118 valence electrons. The maximum absolute atomic E-state index is 11.8. The van der Waals surface area contributed by atoms with Gasteiger partial charge in [-0.05, 0) is 30.2 Å². The van der Waals surface area contributed by atoms with E-state index in [2.05, 4.69) is 10.3 Å². The maximum atomic E-state index is 11.8. The molecule has 2 rings (SSSR count). The topological polar surface area (TPSA) is 71.5 Å². The van der Waals surface area contributed by atoms with Gasteiger partial charge in [-0.15, -0.1) is 11.3 Å². The molecule has 1 amide bonds. The van der Waals surface area contributed by atoms with E-state index >= 15 is 0 Å². The summed E-state index contributed by atoms with van der Waals surface area (Å²) in [6.07, 6.45) is 3.48. The second-order valence-corrected chi connectivity index (χ2v) is 6.44. The van der Waals surface area contributed by atoms with Crippen LogP contribution in [0.1, 0.15) is 23.0 Å². The smallest absolute Gasteiger partial charge is 0.220 e. The number of halogens is 1. The Balaban J connectivity index is 1.75. The summed E-state index contributed by atoms with van der Waals surface area (Å²) in [4.78, 5) is 16.6. The van der Waals surface area contributed by atoms with Crippen molar-refractivity contribution in [2.75, 3.05) is 13.7 Å². The van der Waals surface area contributed by atoms with E-state index in [4.69, 9.17) is 16.3 Å². The van der Waals surface area contributed by atoms with Crippen molar-refractivity contribution in [1.29, 1.82) is 0 Å². The zero-order chi connectivity index (χ0) is 15.9. The first kappa shape index (κ1) is 16.7. The van der Waals surface area contributed by atoms with Gasteiger partial charge in [0.15, 0.2) is 0 Å². The molecule has 0 aromatic carbocycles. The van der Waals surface area contributed by atoms with Crippen LogP contribution in [0.5, 0.6) is 5.75 Å².